The summed E-state index contributed by atoms with van der Waals surface area (Å²) in [5.41, 5.74) is -0.719. The fourth-order valence-corrected chi connectivity index (χ4v) is 10.7. The van der Waals surface area contributed by atoms with Crippen molar-refractivity contribution in [1.29, 1.82) is 0 Å². The first-order chi connectivity index (χ1) is 14.4. The lowest BCUT2D eigenvalue weighted by Gasteiger charge is -2.69. The van der Waals surface area contributed by atoms with Gasteiger partial charge in [0, 0.05) is 68.9 Å². The standard InChI is InChI=1S/C24H39NO5/c1-5-25-11-22(12-28-2)7-6-18(30-4)24-14-8-13-16(29-3)10-23(27,19(14)20(13)26)15(21(24)25)9-17(22)24/h13-21,26-27H,5-12H2,1-4H3/t13-,14+,15-,16-,17-,18-,19+,20-,21+,22-,23-,24+/m0/s1. The van der Waals surface area contributed by atoms with Crippen LogP contribution in [-0.2, 0) is 14.2 Å². The van der Waals surface area contributed by atoms with Gasteiger partial charge in [-0.15, -0.1) is 0 Å². The number of aliphatic hydroxyl groups is 2. The number of likely N-dealkylation sites (tertiary alicyclic amines) is 1. The zero-order valence-electron chi connectivity index (χ0n) is 18.9. The lowest BCUT2D eigenvalue weighted by molar-refractivity contribution is -0.276. The quantitative estimate of drug-likeness (QED) is 0.702. The Morgan fingerprint density at radius 2 is 1.90 bits per heavy atom. The van der Waals surface area contributed by atoms with E-state index < -0.39 is 11.7 Å². The molecule has 0 aromatic rings. The van der Waals surface area contributed by atoms with Crippen LogP contribution in [0.25, 0.3) is 0 Å². The predicted molar refractivity (Wildman–Crippen MR) is 111 cm³/mol. The number of aliphatic hydroxyl groups excluding tert-OH is 1. The molecule has 5 saturated carbocycles. The molecule has 1 saturated heterocycles. The van der Waals surface area contributed by atoms with Crippen molar-refractivity contribution in [3.63, 3.8) is 0 Å². The summed E-state index contributed by atoms with van der Waals surface area (Å²) in [6, 6.07) is 0.329. The van der Waals surface area contributed by atoms with Crippen LogP contribution >= 0.6 is 0 Å². The topological polar surface area (TPSA) is 71.4 Å². The van der Waals surface area contributed by atoms with Crippen molar-refractivity contribution in [3.05, 3.63) is 0 Å². The van der Waals surface area contributed by atoms with Crippen LogP contribution < -0.4 is 0 Å². The van der Waals surface area contributed by atoms with Crippen LogP contribution in [0.5, 0.6) is 0 Å². The van der Waals surface area contributed by atoms with Crippen molar-refractivity contribution >= 4 is 0 Å². The summed E-state index contributed by atoms with van der Waals surface area (Å²) in [5.74, 6) is 1.03. The van der Waals surface area contributed by atoms with Gasteiger partial charge in [0.05, 0.1) is 30.5 Å². The molecule has 1 spiro atoms. The Balaban J connectivity index is 1.58. The van der Waals surface area contributed by atoms with Gasteiger partial charge in [0.15, 0.2) is 0 Å². The maximum atomic E-state index is 12.4. The van der Waals surface area contributed by atoms with E-state index in [1.165, 1.54) is 0 Å². The molecule has 6 heteroatoms. The average molecular weight is 422 g/mol. The molecule has 6 nitrogen and oxygen atoms in total. The van der Waals surface area contributed by atoms with Gasteiger partial charge < -0.3 is 24.4 Å². The highest BCUT2D eigenvalue weighted by Gasteiger charge is 2.83. The number of methoxy groups -OCH3 is 3. The first-order valence-electron chi connectivity index (χ1n) is 12.1. The first-order valence-corrected chi connectivity index (χ1v) is 12.1. The van der Waals surface area contributed by atoms with Gasteiger partial charge in [0.1, 0.15) is 0 Å². The molecule has 0 aromatic heterocycles. The maximum absolute atomic E-state index is 12.4. The number of ether oxygens (including phenoxy) is 3. The minimum atomic E-state index is -0.847. The number of hydrogen-bond acceptors (Lipinski definition) is 6. The number of hydrogen-bond donors (Lipinski definition) is 2. The Kier molecular flexibility index (Phi) is 4.36. The molecular weight excluding hydrogens is 382 g/mol. The van der Waals surface area contributed by atoms with Crippen LogP contribution in [0.1, 0.15) is 39.0 Å². The van der Waals surface area contributed by atoms with Crippen LogP contribution in [0.3, 0.4) is 0 Å². The van der Waals surface area contributed by atoms with E-state index >= 15 is 0 Å². The van der Waals surface area contributed by atoms with Gasteiger partial charge in [-0.3, -0.25) is 4.90 Å². The molecule has 0 unspecified atom stereocenters. The van der Waals surface area contributed by atoms with E-state index in [1.807, 2.05) is 14.2 Å². The van der Waals surface area contributed by atoms with Crippen molar-refractivity contribution in [2.24, 2.45) is 40.4 Å². The SMILES string of the molecule is CCN1C[C@]2(COC)CC[C@H](OC)[C@@]34[C@@H]5C[C@@H]6[C@H](O)[C@@H]5[C@](O)(C[C@@H]6OC)[C@@H](C[C@@H]23)[C@@H]14. The van der Waals surface area contributed by atoms with E-state index in [-0.39, 0.29) is 46.7 Å². The van der Waals surface area contributed by atoms with Crippen LogP contribution in [0.4, 0.5) is 0 Å². The van der Waals surface area contributed by atoms with E-state index in [0.717, 1.165) is 45.4 Å². The summed E-state index contributed by atoms with van der Waals surface area (Å²) in [6.45, 7) is 5.11. The van der Waals surface area contributed by atoms with Crippen LogP contribution in [-0.4, -0.2) is 86.1 Å². The normalized spacial score (nSPS) is 60.8. The van der Waals surface area contributed by atoms with Gasteiger partial charge in [0.2, 0.25) is 0 Å². The second kappa shape index (κ2) is 6.42. The molecule has 170 valence electrons. The highest BCUT2D eigenvalue weighted by atomic mass is 16.5. The van der Waals surface area contributed by atoms with Gasteiger partial charge in [-0.05, 0) is 44.1 Å². The molecule has 1 heterocycles. The third-order valence-electron chi connectivity index (χ3n) is 11.2. The molecule has 0 aromatic carbocycles. The molecular formula is C24H39NO5. The molecule has 6 fully saturated rings. The number of fused-ring (bicyclic) bond motifs is 2. The van der Waals surface area contributed by atoms with Crippen LogP contribution in [0, 0.1) is 40.4 Å². The van der Waals surface area contributed by atoms with E-state index in [0.29, 0.717) is 18.4 Å². The van der Waals surface area contributed by atoms with E-state index in [1.54, 1.807) is 7.11 Å². The maximum Gasteiger partial charge on any atom is 0.0771 e. The molecule has 7 bridgehead atoms. The highest BCUT2D eigenvalue weighted by Crippen LogP contribution is 2.79. The van der Waals surface area contributed by atoms with E-state index in [2.05, 4.69) is 11.8 Å². The summed E-state index contributed by atoms with van der Waals surface area (Å²) in [7, 11) is 5.48. The summed E-state index contributed by atoms with van der Waals surface area (Å²) in [6.07, 6.45) is 4.52. The minimum absolute atomic E-state index is 0.000283. The molecule has 0 amide bonds. The lowest BCUT2D eigenvalue weighted by Crippen LogP contribution is -2.76. The monoisotopic (exact) mass is 421 g/mol. The summed E-state index contributed by atoms with van der Waals surface area (Å²) in [4.78, 5) is 2.67. The smallest absolute Gasteiger partial charge is 0.0771 e. The van der Waals surface area contributed by atoms with Gasteiger partial charge in [-0.25, -0.2) is 0 Å². The molecule has 0 radical (unpaired) electrons. The van der Waals surface area contributed by atoms with Crippen molar-refractivity contribution < 1.29 is 24.4 Å². The highest BCUT2D eigenvalue weighted by molar-refractivity contribution is 5.33. The van der Waals surface area contributed by atoms with Crippen molar-refractivity contribution in [3.8, 4) is 0 Å². The molecule has 6 aliphatic rings. The Labute approximate surface area is 180 Å². The molecule has 12 atom stereocenters. The van der Waals surface area contributed by atoms with Crippen molar-refractivity contribution in [2.45, 2.75) is 69.0 Å². The molecule has 2 N–H and O–H groups in total. The van der Waals surface area contributed by atoms with Gasteiger partial charge in [0.25, 0.3) is 0 Å². The third kappa shape index (κ3) is 2.00. The van der Waals surface area contributed by atoms with Gasteiger partial charge in [-0.1, -0.05) is 6.92 Å². The third-order valence-corrected chi connectivity index (χ3v) is 11.2. The van der Waals surface area contributed by atoms with Gasteiger partial charge >= 0.3 is 0 Å². The average Bonchev–Trinajstić information content (AvgIpc) is 3.15. The lowest BCUT2D eigenvalue weighted by atomic mass is 9.43. The van der Waals surface area contributed by atoms with Crippen LogP contribution in [0.15, 0.2) is 0 Å². The Hall–Kier alpha value is -0.240. The van der Waals surface area contributed by atoms with E-state index in [9.17, 15) is 10.2 Å². The Morgan fingerprint density at radius 3 is 2.57 bits per heavy atom. The number of piperidine rings is 1. The molecule has 6 rings (SSSR count). The van der Waals surface area contributed by atoms with Crippen molar-refractivity contribution in [1.82, 2.24) is 4.90 Å². The molecule has 5 aliphatic carbocycles. The summed E-state index contributed by atoms with van der Waals surface area (Å²) < 4.78 is 18.0. The van der Waals surface area contributed by atoms with Crippen LogP contribution in [0.2, 0.25) is 0 Å². The zero-order chi connectivity index (χ0) is 21.1. The Bertz CT molecular complexity index is 720. The fourth-order valence-electron chi connectivity index (χ4n) is 10.7. The molecule has 30 heavy (non-hydrogen) atoms. The summed E-state index contributed by atoms with van der Waals surface area (Å²) >= 11 is 0. The Morgan fingerprint density at radius 1 is 1.10 bits per heavy atom. The second-order valence-corrected chi connectivity index (χ2v) is 11.5. The largest absolute Gasteiger partial charge is 0.392 e. The summed E-state index contributed by atoms with van der Waals surface area (Å²) in [5, 5.41) is 23.8. The number of nitrogens with zero attached hydrogens (tertiary/aromatic N) is 1. The van der Waals surface area contributed by atoms with Gasteiger partial charge in [-0.2, -0.15) is 0 Å². The first kappa shape index (κ1) is 20.4. The van der Waals surface area contributed by atoms with E-state index in [4.69, 9.17) is 14.2 Å². The second-order valence-electron chi connectivity index (χ2n) is 11.5. The predicted octanol–water partition coefficient (Wildman–Crippen LogP) is 1.53. The zero-order valence-corrected chi connectivity index (χ0v) is 18.9. The van der Waals surface area contributed by atoms with Crippen molar-refractivity contribution in [2.75, 3.05) is 41.0 Å². The number of rotatable bonds is 5. The fraction of sp³-hybridized carbons (Fsp3) is 1.00. The minimum Gasteiger partial charge on any atom is -0.392 e. The molecule has 1 aliphatic heterocycles.